The molecule has 0 bridgehead atoms. The molecule has 0 radical (unpaired) electrons. The van der Waals surface area contributed by atoms with E-state index < -0.39 is 0 Å². The minimum absolute atomic E-state index is 0.0489. The minimum atomic E-state index is -0.0489. The van der Waals surface area contributed by atoms with Gasteiger partial charge in [0.15, 0.2) is 11.1 Å². The van der Waals surface area contributed by atoms with Gasteiger partial charge in [-0.1, -0.05) is 18.7 Å². The second-order valence-electron chi connectivity index (χ2n) is 3.06. The number of allylic oxidation sites excluding steroid dienone is 2. The predicted octanol–water partition coefficient (Wildman–Crippen LogP) is 2.28. The van der Waals surface area contributed by atoms with Gasteiger partial charge in [-0.25, -0.2) is 4.99 Å². The van der Waals surface area contributed by atoms with Gasteiger partial charge < -0.3 is 5.73 Å². The Morgan fingerprint density at radius 2 is 2.18 bits per heavy atom. The SMILES string of the molecule is C=C/C=C/C(N=C(N)Cl)=NCc1ccncc1. The van der Waals surface area contributed by atoms with Gasteiger partial charge in [0.05, 0.1) is 6.54 Å². The fourth-order valence-corrected chi connectivity index (χ4v) is 1.14. The van der Waals surface area contributed by atoms with Crippen LogP contribution in [0, 0.1) is 0 Å². The molecule has 1 heterocycles. The molecule has 2 N–H and O–H groups in total. The lowest BCUT2D eigenvalue weighted by Crippen LogP contribution is -2.05. The van der Waals surface area contributed by atoms with Crippen molar-refractivity contribution in [1.29, 1.82) is 0 Å². The summed E-state index contributed by atoms with van der Waals surface area (Å²) in [4.78, 5) is 12.1. The molecular formula is C12H13ClN4. The van der Waals surface area contributed by atoms with E-state index in [1.165, 1.54) is 0 Å². The van der Waals surface area contributed by atoms with Gasteiger partial charge in [-0.3, -0.25) is 9.98 Å². The van der Waals surface area contributed by atoms with Crippen molar-refractivity contribution in [2.75, 3.05) is 0 Å². The number of amidine groups is 2. The first kappa shape index (κ1) is 13.1. The molecule has 88 valence electrons. The largest absolute Gasteiger partial charge is 0.374 e. The number of aliphatic imine (C=N–C) groups is 2. The fourth-order valence-electron chi connectivity index (χ4n) is 1.05. The topological polar surface area (TPSA) is 63.6 Å². The molecule has 0 aliphatic heterocycles. The number of hydrogen-bond acceptors (Lipinski definition) is 2. The van der Waals surface area contributed by atoms with E-state index in [4.69, 9.17) is 17.3 Å². The van der Waals surface area contributed by atoms with Crippen LogP contribution in [-0.4, -0.2) is 16.1 Å². The summed E-state index contributed by atoms with van der Waals surface area (Å²) in [7, 11) is 0. The first-order chi connectivity index (χ1) is 8.22. The van der Waals surface area contributed by atoms with Gasteiger partial charge in [-0.15, -0.1) is 0 Å². The van der Waals surface area contributed by atoms with Crippen molar-refractivity contribution in [1.82, 2.24) is 4.98 Å². The number of nitrogens with two attached hydrogens (primary N) is 1. The van der Waals surface area contributed by atoms with Gasteiger partial charge >= 0.3 is 0 Å². The maximum absolute atomic E-state index is 5.51. The summed E-state index contributed by atoms with van der Waals surface area (Å²) in [6, 6.07) is 3.76. The predicted molar refractivity (Wildman–Crippen MR) is 72.2 cm³/mol. The number of rotatable bonds is 4. The van der Waals surface area contributed by atoms with Crippen molar-refractivity contribution < 1.29 is 0 Å². The molecule has 4 nitrogen and oxygen atoms in total. The highest BCUT2D eigenvalue weighted by Crippen LogP contribution is 2.00. The van der Waals surface area contributed by atoms with Crippen molar-refractivity contribution in [2.24, 2.45) is 15.7 Å². The summed E-state index contributed by atoms with van der Waals surface area (Å²) in [5.41, 5.74) is 6.33. The lowest BCUT2D eigenvalue weighted by atomic mass is 10.3. The highest BCUT2D eigenvalue weighted by atomic mass is 35.5. The summed E-state index contributed by atoms with van der Waals surface area (Å²) in [5, 5.41) is -0.0489. The van der Waals surface area contributed by atoms with E-state index in [2.05, 4.69) is 21.5 Å². The smallest absolute Gasteiger partial charge is 0.195 e. The van der Waals surface area contributed by atoms with Gasteiger partial charge in [0.2, 0.25) is 0 Å². The van der Waals surface area contributed by atoms with Crippen molar-refractivity contribution in [2.45, 2.75) is 6.54 Å². The summed E-state index contributed by atoms with van der Waals surface area (Å²) in [6.07, 6.45) is 8.45. The van der Waals surface area contributed by atoms with Crippen LogP contribution >= 0.6 is 11.6 Å². The van der Waals surface area contributed by atoms with E-state index in [1.807, 2.05) is 12.1 Å². The van der Waals surface area contributed by atoms with Crippen LogP contribution in [0.4, 0.5) is 0 Å². The molecule has 0 fully saturated rings. The van der Waals surface area contributed by atoms with Crippen LogP contribution in [0.3, 0.4) is 0 Å². The van der Waals surface area contributed by atoms with Crippen LogP contribution < -0.4 is 5.73 Å². The molecule has 5 heteroatoms. The highest BCUT2D eigenvalue weighted by Gasteiger charge is 1.93. The molecule has 0 spiro atoms. The third kappa shape index (κ3) is 5.63. The van der Waals surface area contributed by atoms with Gasteiger partial charge in [0.25, 0.3) is 0 Å². The Labute approximate surface area is 105 Å². The molecule has 1 rings (SSSR count). The lowest BCUT2D eigenvalue weighted by molar-refractivity contribution is 1.05. The normalized spacial score (nSPS) is 13.0. The average molecular weight is 249 g/mol. The van der Waals surface area contributed by atoms with Crippen molar-refractivity contribution in [3.8, 4) is 0 Å². The van der Waals surface area contributed by atoms with Gasteiger partial charge in [0, 0.05) is 12.4 Å². The third-order valence-corrected chi connectivity index (χ3v) is 1.86. The summed E-state index contributed by atoms with van der Waals surface area (Å²) < 4.78 is 0. The number of aromatic nitrogens is 1. The molecule has 0 aliphatic rings. The molecule has 0 amide bonds. The molecule has 0 aliphatic carbocycles. The van der Waals surface area contributed by atoms with Gasteiger partial charge in [0.1, 0.15) is 0 Å². The molecule has 0 unspecified atom stereocenters. The van der Waals surface area contributed by atoms with Crippen LogP contribution in [0.25, 0.3) is 0 Å². The molecular weight excluding hydrogens is 236 g/mol. The van der Waals surface area contributed by atoms with Crippen molar-refractivity contribution in [3.05, 3.63) is 54.9 Å². The highest BCUT2D eigenvalue weighted by molar-refractivity contribution is 6.65. The molecule has 0 saturated carbocycles. The van der Waals surface area contributed by atoms with E-state index >= 15 is 0 Å². The van der Waals surface area contributed by atoms with E-state index in [0.29, 0.717) is 12.4 Å². The molecule has 1 aromatic heterocycles. The number of nitrogens with zero attached hydrogens (tertiary/aromatic N) is 3. The zero-order chi connectivity index (χ0) is 12.5. The molecule has 0 aromatic carbocycles. The van der Waals surface area contributed by atoms with Gasteiger partial charge in [-0.2, -0.15) is 0 Å². The number of hydrogen-bond donors (Lipinski definition) is 1. The maximum Gasteiger partial charge on any atom is 0.195 e. The van der Waals surface area contributed by atoms with Crippen LogP contribution in [0.2, 0.25) is 0 Å². The van der Waals surface area contributed by atoms with Crippen LogP contribution in [0.15, 0.2) is 59.3 Å². The lowest BCUT2D eigenvalue weighted by Gasteiger charge is -1.97. The second kappa shape index (κ2) is 7.35. The van der Waals surface area contributed by atoms with Crippen LogP contribution in [0.5, 0.6) is 0 Å². The van der Waals surface area contributed by atoms with Gasteiger partial charge in [-0.05, 0) is 35.4 Å². The fraction of sp³-hybridized carbons (Fsp3) is 0.0833. The Kier molecular flexibility index (Phi) is 5.68. The molecule has 0 saturated heterocycles. The second-order valence-corrected chi connectivity index (χ2v) is 3.45. The standard InChI is InChI=1S/C12H13ClN4/c1-2-3-4-11(17-12(13)14)16-9-10-5-7-15-8-6-10/h2-8H,1,9H2,(H2,14,16,17)/b4-3+. The Morgan fingerprint density at radius 3 is 2.76 bits per heavy atom. The third-order valence-electron chi connectivity index (χ3n) is 1.78. The average Bonchev–Trinajstić information content (AvgIpc) is 2.33. The zero-order valence-electron chi connectivity index (χ0n) is 9.25. The summed E-state index contributed by atoms with van der Waals surface area (Å²) in [6.45, 7) is 4.06. The number of pyridine rings is 1. The summed E-state index contributed by atoms with van der Waals surface area (Å²) >= 11 is 5.51. The Morgan fingerprint density at radius 1 is 1.47 bits per heavy atom. The monoisotopic (exact) mass is 248 g/mol. The van der Waals surface area contributed by atoms with Crippen molar-refractivity contribution >= 4 is 22.7 Å². The molecule has 1 aromatic rings. The number of halogens is 1. The zero-order valence-corrected chi connectivity index (χ0v) is 10.0. The van der Waals surface area contributed by atoms with Crippen molar-refractivity contribution in [3.63, 3.8) is 0 Å². The van der Waals surface area contributed by atoms with E-state index in [-0.39, 0.29) is 5.29 Å². The first-order valence-electron chi connectivity index (χ1n) is 4.94. The van der Waals surface area contributed by atoms with E-state index in [1.54, 1.807) is 30.6 Å². The van der Waals surface area contributed by atoms with Crippen LogP contribution in [-0.2, 0) is 6.54 Å². The first-order valence-corrected chi connectivity index (χ1v) is 5.32. The maximum atomic E-state index is 5.51. The minimum Gasteiger partial charge on any atom is -0.374 e. The summed E-state index contributed by atoms with van der Waals surface area (Å²) in [5.74, 6) is 0.453. The van der Waals surface area contributed by atoms with E-state index in [0.717, 1.165) is 5.56 Å². The Hall–Kier alpha value is -1.94. The quantitative estimate of drug-likeness (QED) is 0.385. The Balaban J connectivity index is 2.80. The van der Waals surface area contributed by atoms with E-state index in [9.17, 15) is 0 Å². The molecule has 0 atom stereocenters. The molecule has 17 heavy (non-hydrogen) atoms. The van der Waals surface area contributed by atoms with Crippen LogP contribution in [0.1, 0.15) is 5.56 Å². The Bertz CT molecular complexity index is 445.